The summed E-state index contributed by atoms with van der Waals surface area (Å²) in [5.41, 5.74) is 0. The van der Waals surface area contributed by atoms with Crippen molar-refractivity contribution < 1.29 is 9.84 Å². The van der Waals surface area contributed by atoms with Crippen LogP contribution in [0.2, 0.25) is 0 Å². The molecule has 0 spiro atoms. The summed E-state index contributed by atoms with van der Waals surface area (Å²) in [6.45, 7) is 4.28. The van der Waals surface area contributed by atoms with Gasteiger partial charge in [0.2, 0.25) is 5.95 Å². The third-order valence-electron chi connectivity index (χ3n) is 1.41. The van der Waals surface area contributed by atoms with Gasteiger partial charge < -0.3 is 15.2 Å². The molecular formula is C9H15N3O2. The van der Waals surface area contributed by atoms with Crippen molar-refractivity contribution in [1.29, 1.82) is 0 Å². The summed E-state index contributed by atoms with van der Waals surface area (Å²) in [4.78, 5) is 8.09. The Balaban J connectivity index is 2.50. The van der Waals surface area contributed by atoms with Crippen molar-refractivity contribution in [2.45, 2.75) is 19.9 Å². The Hall–Kier alpha value is -1.36. The summed E-state index contributed by atoms with van der Waals surface area (Å²) in [7, 11) is 0. The largest absolute Gasteiger partial charge is 0.488 e. The molecule has 0 bridgehead atoms. The fourth-order valence-electron chi connectivity index (χ4n) is 0.887. The van der Waals surface area contributed by atoms with E-state index in [2.05, 4.69) is 15.3 Å². The molecule has 0 fully saturated rings. The predicted octanol–water partition coefficient (Wildman–Crippen LogP) is 0.668. The lowest BCUT2D eigenvalue weighted by Crippen LogP contribution is -2.12. The zero-order valence-electron chi connectivity index (χ0n) is 8.40. The number of hydrogen-bond acceptors (Lipinski definition) is 5. The first-order chi connectivity index (χ1) is 6.72. The highest BCUT2D eigenvalue weighted by Crippen LogP contribution is 2.08. The molecule has 0 radical (unpaired) electrons. The topological polar surface area (TPSA) is 67.3 Å². The van der Waals surface area contributed by atoms with E-state index in [0.29, 0.717) is 17.7 Å². The molecule has 0 amide bonds. The van der Waals surface area contributed by atoms with E-state index in [9.17, 15) is 0 Å². The molecule has 0 aromatic carbocycles. The van der Waals surface area contributed by atoms with Crippen LogP contribution in [-0.4, -0.2) is 34.3 Å². The number of nitrogens with zero attached hydrogens (tertiary/aromatic N) is 2. The molecule has 1 aromatic rings. The number of aliphatic hydroxyl groups excluding tert-OH is 1. The third-order valence-corrected chi connectivity index (χ3v) is 1.41. The minimum Gasteiger partial charge on any atom is -0.488 e. The van der Waals surface area contributed by atoms with E-state index < -0.39 is 0 Å². The minimum absolute atomic E-state index is 0.00794. The van der Waals surface area contributed by atoms with Gasteiger partial charge in [-0.15, -0.1) is 0 Å². The van der Waals surface area contributed by atoms with Gasteiger partial charge in [-0.2, -0.15) is 0 Å². The SMILES string of the molecule is CC(C)Nc1ncc(OCCO)cn1. The summed E-state index contributed by atoms with van der Waals surface area (Å²) in [5, 5.41) is 11.6. The van der Waals surface area contributed by atoms with Gasteiger partial charge in [-0.1, -0.05) is 0 Å². The van der Waals surface area contributed by atoms with Crippen molar-refractivity contribution in [2.75, 3.05) is 18.5 Å². The average Bonchev–Trinajstić information content (AvgIpc) is 2.16. The lowest BCUT2D eigenvalue weighted by molar-refractivity contribution is 0.200. The number of aliphatic hydroxyl groups is 1. The highest BCUT2D eigenvalue weighted by molar-refractivity contribution is 5.27. The van der Waals surface area contributed by atoms with Crippen LogP contribution in [0, 0.1) is 0 Å². The van der Waals surface area contributed by atoms with Crippen molar-refractivity contribution >= 4 is 5.95 Å². The van der Waals surface area contributed by atoms with Crippen LogP contribution >= 0.6 is 0 Å². The molecule has 1 heterocycles. The normalized spacial score (nSPS) is 10.3. The van der Waals surface area contributed by atoms with E-state index in [1.807, 2.05) is 13.8 Å². The van der Waals surface area contributed by atoms with E-state index >= 15 is 0 Å². The monoisotopic (exact) mass is 197 g/mol. The summed E-state index contributed by atoms with van der Waals surface area (Å²) < 4.78 is 5.11. The van der Waals surface area contributed by atoms with E-state index in [-0.39, 0.29) is 13.2 Å². The van der Waals surface area contributed by atoms with Crippen molar-refractivity contribution in [3.05, 3.63) is 12.4 Å². The first kappa shape index (κ1) is 10.7. The maximum absolute atomic E-state index is 8.52. The first-order valence-electron chi connectivity index (χ1n) is 4.54. The summed E-state index contributed by atoms with van der Waals surface area (Å²) in [6.07, 6.45) is 3.15. The van der Waals surface area contributed by atoms with E-state index in [4.69, 9.17) is 9.84 Å². The van der Waals surface area contributed by atoms with Crippen LogP contribution in [0.1, 0.15) is 13.8 Å². The molecule has 0 atom stereocenters. The lowest BCUT2D eigenvalue weighted by atomic mass is 10.4. The lowest BCUT2D eigenvalue weighted by Gasteiger charge is -2.08. The maximum atomic E-state index is 8.52. The predicted molar refractivity (Wildman–Crippen MR) is 53.4 cm³/mol. The minimum atomic E-state index is -0.00794. The molecule has 14 heavy (non-hydrogen) atoms. The number of ether oxygens (including phenoxy) is 1. The first-order valence-corrected chi connectivity index (χ1v) is 4.54. The Morgan fingerprint density at radius 2 is 2.07 bits per heavy atom. The van der Waals surface area contributed by atoms with Crippen LogP contribution in [-0.2, 0) is 0 Å². The summed E-state index contributed by atoms with van der Waals surface area (Å²) in [6, 6.07) is 0.305. The zero-order chi connectivity index (χ0) is 10.4. The smallest absolute Gasteiger partial charge is 0.223 e. The average molecular weight is 197 g/mol. The second kappa shape index (κ2) is 5.39. The van der Waals surface area contributed by atoms with Crippen LogP contribution in [0.3, 0.4) is 0 Å². The molecule has 5 nitrogen and oxygen atoms in total. The van der Waals surface area contributed by atoms with E-state index in [0.717, 1.165) is 0 Å². The van der Waals surface area contributed by atoms with Gasteiger partial charge in [0.15, 0.2) is 5.75 Å². The molecule has 0 aliphatic heterocycles. The van der Waals surface area contributed by atoms with E-state index in [1.54, 1.807) is 12.4 Å². The van der Waals surface area contributed by atoms with Crippen LogP contribution < -0.4 is 10.1 Å². The van der Waals surface area contributed by atoms with Crippen LogP contribution in [0.4, 0.5) is 5.95 Å². The molecule has 0 aliphatic rings. The number of aromatic nitrogens is 2. The number of rotatable bonds is 5. The van der Waals surface area contributed by atoms with Gasteiger partial charge in [-0.3, -0.25) is 0 Å². The Morgan fingerprint density at radius 3 is 2.57 bits per heavy atom. The Bertz CT molecular complexity index is 261. The van der Waals surface area contributed by atoms with Gasteiger partial charge >= 0.3 is 0 Å². The highest BCUT2D eigenvalue weighted by Gasteiger charge is 1.99. The molecule has 1 aromatic heterocycles. The third kappa shape index (κ3) is 3.57. The van der Waals surface area contributed by atoms with Crippen LogP contribution in [0.15, 0.2) is 12.4 Å². The van der Waals surface area contributed by atoms with Gasteiger partial charge in [0.1, 0.15) is 6.61 Å². The van der Waals surface area contributed by atoms with Crippen LogP contribution in [0.25, 0.3) is 0 Å². The van der Waals surface area contributed by atoms with E-state index in [1.165, 1.54) is 0 Å². The summed E-state index contributed by atoms with van der Waals surface area (Å²) >= 11 is 0. The standard InChI is InChI=1S/C9H15N3O2/c1-7(2)12-9-10-5-8(6-11-9)14-4-3-13/h5-7,13H,3-4H2,1-2H3,(H,10,11,12). The van der Waals surface area contributed by atoms with Gasteiger partial charge in [0, 0.05) is 6.04 Å². The van der Waals surface area contributed by atoms with Gasteiger partial charge in [-0.05, 0) is 13.8 Å². The molecule has 1 rings (SSSR count). The Labute approximate surface area is 83.2 Å². The second-order valence-corrected chi connectivity index (χ2v) is 3.11. The zero-order valence-corrected chi connectivity index (χ0v) is 8.40. The fourth-order valence-corrected chi connectivity index (χ4v) is 0.887. The van der Waals surface area contributed by atoms with Gasteiger partial charge in [0.25, 0.3) is 0 Å². The Morgan fingerprint density at radius 1 is 1.43 bits per heavy atom. The molecular weight excluding hydrogens is 182 g/mol. The number of anilines is 1. The number of nitrogens with one attached hydrogen (secondary N) is 1. The molecule has 0 aliphatic carbocycles. The second-order valence-electron chi connectivity index (χ2n) is 3.11. The molecule has 0 unspecified atom stereocenters. The quantitative estimate of drug-likeness (QED) is 0.726. The molecule has 0 saturated heterocycles. The molecule has 78 valence electrons. The van der Waals surface area contributed by atoms with Gasteiger partial charge in [-0.25, -0.2) is 9.97 Å². The fraction of sp³-hybridized carbons (Fsp3) is 0.556. The number of hydrogen-bond donors (Lipinski definition) is 2. The van der Waals surface area contributed by atoms with Crippen molar-refractivity contribution in [3.63, 3.8) is 0 Å². The molecule has 5 heteroatoms. The van der Waals surface area contributed by atoms with Gasteiger partial charge in [0.05, 0.1) is 19.0 Å². The van der Waals surface area contributed by atoms with Crippen molar-refractivity contribution in [2.24, 2.45) is 0 Å². The maximum Gasteiger partial charge on any atom is 0.223 e. The Kier molecular flexibility index (Phi) is 4.12. The van der Waals surface area contributed by atoms with Crippen molar-refractivity contribution in [3.8, 4) is 5.75 Å². The molecule has 0 saturated carbocycles. The van der Waals surface area contributed by atoms with Crippen LogP contribution in [0.5, 0.6) is 5.75 Å². The summed E-state index contributed by atoms with van der Waals surface area (Å²) in [5.74, 6) is 1.14. The highest BCUT2D eigenvalue weighted by atomic mass is 16.5. The molecule has 2 N–H and O–H groups in total. The van der Waals surface area contributed by atoms with Crippen molar-refractivity contribution in [1.82, 2.24) is 9.97 Å².